The number of carbonyl (C=O) groups is 1. The zero-order chi connectivity index (χ0) is 17.9. The summed E-state index contributed by atoms with van der Waals surface area (Å²) in [6, 6.07) is 9.36. The summed E-state index contributed by atoms with van der Waals surface area (Å²) in [6.45, 7) is 0. The molecule has 0 aromatic heterocycles. The van der Waals surface area contributed by atoms with Crippen molar-refractivity contribution in [3.05, 3.63) is 53.8 Å². The van der Waals surface area contributed by atoms with Gasteiger partial charge in [0.05, 0.1) is 10.6 Å². The maximum atomic E-state index is 12.9. The lowest BCUT2D eigenvalue weighted by Gasteiger charge is -2.13. The van der Waals surface area contributed by atoms with Crippen molar-refractivity contribution < 1.29 is 17.6 Å². The van der Waals surface area contributed by atoms with Crippen molar-refractivity contribution in [1.29, 1.82) is 5.41 Å². The monoisotopic (exact) mass is 350 g/mol. The first-order valence-corrected chi connectivity index (χ1v) is 8.58. The molecule has 0 spiro atoms. The van der Waals surface area contributed by atoms with Gasteiger partial charge in [0.15, 0.2) is 15.8 Å². The molecule has 0 atom stereocenters. The van der Waals surface area contributed by atoms with Gasteiger partial charge < -0.3 is 11.1 Å². The van der Waals surface area contributed by atoms with Gasteiger partial charge in [0, 0.05) is 17.5 Å². The summed E-state index contributed by atoms with van der Waals surface area (Å²) in [5.74, 6) is -1.66. The summed E-state index contributed by atoms with van der Waals surface area (Å²) in [6.07, 6.45) is 1.00. The van der Waals surface area contributed by atoms with Crippen LogP contribution in [0.15, 0.2) is 47.4 Å². The number of nitrogens with two attached hydrogens (primary N) is 1. The van der Waals surface area contributed by atoms with Crippen LogP contribution in [0.4, 0.5) is 15.8 Å². The molecule has 0 saturated carbocycles. The number of hydrogen-bond donors (Lipinski definition) is 4. The summed E-state index contributed by atoms with van der Waals surface area (Å²) in [4.78, 5) is 11.7. The number of nitrogens with one attached hydrogen (secondary N) is 3. The molecule has 5 N–H and O–H groups in total. The topological polar surface area (TPSA) is 125 Å². The third kappa shape index (κ3) is 4.29. The Balaban J connectivity index is 2.43. The molecule has 0 aliphatic rings. The van der Waals surface area contributed by atoms with Crippen LogP contribution in [0.2, 0.25) is 0 Å². The predicted molar refractivity (Wildman–Crippen MR) is 88.6 cm³/mol. The maximum absolute atomic E-state index is 12.9. The molecule has 24 heavy (non-hydrogen) atoms. The fourth-order valence-electron chi connectivity index (χ4n) is 1.96. The Labute approximate surface area is 138 Å². The van der Waals surface area contributed by atoms with Crippen molar-refractivity contribution >= 4 is 33.1 Å². The zero-order valence-corrected chi connectivity index (χ0v) is 13.4. The summed E-state index contributed by atoms with van der Waals surface area (Å²) >= 11 is 0. The van der Waals surface area contributed by atoms with Gasteiger partial charge in [-0.1, -0.05) is 0 Å². The molecule has 0 aliphatic carbocycles. The van der Waals surface area contributed by atoms with E-state index in [0.29, 0.717) is 5.69 Å². The first-order chi connectivity index (χ1) is 11.2. The van der Waals surface area contributed by atoms with E-state index < -0.39 is 27.5 Å². The van der Waals surface area contributed by atoms with E-state index in [4.69, 9.17) is 11.1 Å². The number of sulfone groups is 1. The third-order valence-electron chi connectivity index (χ3n) is 3.01. The lowest BCUT2D eigenvalue weighted by Crippen LogP contribution is -2.35. The average Bonchev–Trinajstić information content (AvgIpc) is 2.48. The Kier molecular flexibility index (Phi) is 4.84. The number of anilines is 2. The molecule has 0 aliphatic heterocycles. The maximum Gasteiger partial charge on any atom is 0.257 e. The van der Waals surface area contributed by atoms with E-state index in [-0.39, 0.29) is 16.1 Å². The SMILES string of the molecule is CS(=O)(=O)c1cc(C(=O)NC(=N)N)ccc1Nc1ccc(F)cc1. The van der Waals surface area contributed by atoms with Crippen LogP contribution >= 0.6 is 0 Å². The fourth-order valence-corrected chi connectivity index (χ4v) is 2.82. The van der Waals surface area contributed by atoms with Crippen LogP contribution in [0.1, 0.15) is 10.4 Å². The van der Waals surface area contributed by atoms with Crippen LogP contribution in [0.3, 0.4) is 0 Å². The van der Waals surface area contributed by atoms with Crippen molar-refractivity contribution in [2.75, 3.05) is 11.6 Å². The molecule has 0 unspecified atom stereocenters. The van der Waals surface area contributed by atoms with E-state index >= 15 is 0 Å². The minimum absolute atomic E-state index is 0.0373. The molecular formula is C15H15FN4O3S. The summed E-state index contributed by atoms with van der Waals surface area (Å²) in [7, 11) is -3.65. The number of hydrogen-bond acceptors (Lipinski definition) is 5. The van der Waals surface area contributed by atoms with Gasteiger partial charge in [0.1, 0.15) is 5.82 Å². The lowest BCUT2D eigenvalue weighted by molar-refractivity contribution is 0.0976. The average molecular weight is 350 g/mol. The number of carbonyl (C=O) groups excluding carboxylic acids is 1. The first-order valence-electron chi connectivity index (χ1n) is 6.69. The molecule has 0 heterocycles. The Morgan fingerprint density at radius 2 is 1.79 bits per heavy atom. The molecule has 9 heteroatoms. The Morgan fingerprint density at radius 3 is 2.33 bits per heavy atom. The quantitative estimate of drug-likeness (QED) is 0.492. The molecule has 1 amide bonds. The van der Waals surface area contributed by atoms with Crippen molar-refractivity contribution in [2.45, 2.75) is 4.90 Å². The number of amides is 1. The van der Waals surface area contributed by atoms with Crippen molar-refractivity contribution in [2.24, 2.45) is 5.73 Å². The second-order valence-corrected chi connectivity index (χ2v) is 6.97. The minimum Gasteiger partial charge on any atom is -0.370 e. The van der Waals surface area contributed by atoms with E-state index in [1.807, 2.05) is 0 Å². The first kappa shape index (κ1) is 17.4. The molecule has 0 radical (unpaired) electrons. The van der Waals surface area contributed by atoms with Crippen molar-refractivity contribution in [1.82, 2.24) is 5.32 Å². The molecule has 0 fully saturated rings. The fraction of sp³-hybridized carbons (Fsp3) is 0.0667. The van der Waals surface area contributed by atoms with Gasteiger partial charge in [0.2, 0.25) is 0 Å². The molecule has 0 bridgehead atoms. The summed E-state index contributed by atoms with van der Waals surface area (Å²) in [5, 5.41) is 12.0. The van der Waals surface area contributed by atoms with Crippen LogP contribution in [0, 0.1) is 11.2 Å². The predicted octanol–water partition coefficient (Wildman–Crippen LogP) is 1.60. The second-order valence-electron chi connectivity index (χ2n) is 4.98. The largest absolute Gasteiger partial charge is 0.370 e. The highest BCUT2D eigenvalue weighted by atomic mass is 32.2. The highest BCUT2D eigenvalue weighted by Crippen LogP contribution is 2.26. The Bertz CT molecular complexity index is 895. The van der Waals surface area contributed by atoms with E-state index in [2.05, 4.69) is 10.6 Å². The smallest absolute Gasteiger partial charge is 0.257 e. The molecule has 2 aromatic carbocycles. The molecule has 0 saturated heterocycles. The van der Waals surface area contributed by atoms with E-state index in [1.54, 1.807) is 0 Å². The second kappa shape index (κ2) is 6.67. The third-order valence-corrected chi connectivity index (χ3v) is 4.15. The molecule has 2 aromatic rings. The van der Waals surface area contributed by atoms with Crippen molar-refractivity contribution in [3.63, 3.8) is 0 Å². The number of rotatable bonds is 4. The van der Waals surface area contributed by atoms with Gasteiger partial charge in [-0.15, -0.1) is 0 Å². The lowest BCUT2D eigenvalue weighted by atomic mass is 10.2. The van der Waals surface area contributed by atoms with Gasteiger partial charge in [-0.3, -0.25) is 15.5 Å². The normalized spacial score (nSPS) is 10.9. The van der Waals surface area contributed by atoms with Crippen LogP contribution in [-0.4, -0.2) is 26.5 Å². The minimum atomic E-state index is -3.65. The van der Waals surface area contributed by atoms with Crippen LogP contribution in [0.25, 0.3) is 0 Å². The van der Waals surface area contributed by atoms with Crippen LogP contribution < -0.4 is 16.4 Å². The van der Waals surface area contributed by atoms with Gasteiger partial charge in [-0.05, 0) is 42.5 Å². The van der Waals surface area contributed by atoms with Crippen molar-refractivity contribution in [3.8, 4) is 0 Å². The Hall–Kier alpha value is -2.94. The number of guanidine groups is 1. The molecule has 126 valence electrons. The van der Waals surface area contributed by atoms with Crippen LogP contribution in [0.5, 0.6) is 0 Å². The van der Waals surface area contributed by atoms with Crippen LogP contribution in [-0.2, 0) is 9.84 Å². The summed E-state index contributed by atoms with van der Waals surface area (Å²) in [5.41, 5.74) is 5.85. The van der Waals surface area contributed by atoms with Gasteiger partial charge in [-0.2, -0.15) is 0 Å². The number of benzene rings is 2. The number of halogens is 1. The molecular weight excluding hydrogens is 335 g/mol. The van der Waals surface area contributed by atoms with E-state index in [1.165, 1.54) is 42.5 Å². The van der Waals surface area contributed by atoms with E-state index in [0.717, 1.165) is 6.26 Å². The molecule has 7 nitrogen and oxygen atoms in total. The Morgan fingerprint density at radius 1 is 1.17 bits per heavy atom. The zero-order valence-electron chi connectivity index (χ0n) is 12.6. The van der Waals surface area contributed by atoms with Gasteiger partial charge in [-0.25, -0.2) is 12.8 Å². The van der Waals surface area contributed by atoms with E-state index in [9.17, 15) is 17.6 Å². The highest BCUT2D eigenvalue weighted by molar-refractivity contribution is 7.90. The standard InChI is InChI=1S/C15H15FN4O3S/c1-24(22,23)13-8-9(14(21)20-15(17)18)2-7-12(13)19-11-5-3-10(16)4-6-11/h2-8,19H,1H3,(H4,17,18,20,21). The highest BCUT2D eigenvalue weighted by Gasteiger charge is 2.17. The summed E-state index contributed by atoms with van der Waals surface area (Å²) < 4.78 is 36.9. The van der Waals surface area contributed by atoms with Gasteiger partial charge in [0.25, 0.3) is 5.91 Å². The molecule has 2 rings (SSSR count). The van der Waals surface area contributed by atoms with Gasteiger partial charge >= 0.3 is 0 Å².